The van der Waals surface area contributed by atoms with Gasteiger partial charge in [-0.2, -0.15) is 5.10 Å². The van der Waals surface area contributed by atoms with Gasteiger partial charge in [-0.15, -0.1) is 0 Å². The van der Waals surface area contributed by atoms with Gasteiger partial charge in [-0.3, -0.25) is 9.48 Å². The van der Waals surface area contributed by atoms with Gasteiger partial charge < -0.3 is 10.3 Å². The standard InChI is InChI=1S/C21H17Cl3N4O/c22-16-7-5-13(9-17(16)23)11-28-12-18(24)21(27-28)26-20(29)8-6-14-10-25-19-4-2-1-3-15(14)19/h1-5,7,9-10,12,25H,6,8,11H2,(H,26,27,29). The predicted molar refractivity (Wildman–Crippen MR) is 118 cm³/mol. The summed E-state index contributed by atoms with van der Waals surface area (Å²) in [6.07, 6.45) is 4.56. The van der Waals surface area contributed by atoms with Crippen LogP contribution in [0, 0.1) is 0 Å². The maximum Gasteiger partial charge on any atom is 0.225 e. The van der Waals surface area contributed by atoms with E-state index < -0.39 is 0 Å². The minimum Gasteiger partial charge on any atom is -0.361 e. The molecule has 8 heteroatoms. The molecule has 0 fully saturated rings. The van der Waals surface area contributed by atoms with E-state index in [0.29, 0.717) is 40.3 Å². The van der Waals surface area contributed by atoms with E-state index in [4.69, 9.17) is 34.8 Å². The molecule has 0 saturated heterocycles. The fraction of sp³-hybridized carbons (Fsp3) is 0.143. The van der Waals surface area contributed by atoms with Crippen LogP contribution in [0.4, 0.5) is 5.82 Å². The number of halogens is 3. The van der Waals surface area contributed by atoms with Crippen molar-refractivity contribution >= 4 is 57.4 Å². The Labute approximate surface area is 182 Å². The molecule has 2 aromatic heterocycles. The molecule has 2 N–H and O–H groups in total. The number of aromatic amines is 1. The summed E-state index contributed by atoms with van der Waals surface area (Å²) >= 11 is 18.2. The lowest BCUT2D eigenvalue weighted by molar-refractivity contribution is -0.116. The van der Waals surface area contributed by atoms with E-state index in [0.717, 1.165) is 22.0 Å². The number of nitrogens with zero attached hydrogens (tertiary/aromatic N) is 2. The first-order valence-corrected chi connectivity index (χ1v) is 10.1. The maximum absolute atomic E-state index is 12.4. The predicted octanol–water partition coefficient (Wildman–Crippen LogP) is 5.94. The number of aryl methyl sites for hydroxylation is 1. The van der Waals surface area contributed by atoms with Crippen LogP contribution in [-0.2, 0) is 17.8 Å². The zero-order valence-corrected chi connectivity index (χ0v) is 17.5. The lowest BCUT2D eigenvalue weighted by Gasteiger charge is -2.04. The Hall–Kier alpha value is -2.47. The van der Waals surface area contributed by atoms with Gasteiger partial charge in [0.15, 0.2) is 5.82 Å². The van der Waals surface area contributed by atoms with E-state index in [1.54, 1.807) is 23.0 Å². The summed E-state index contributed by atoms with van der Waals surface area (Å²) in [6.45, 7) is 0.460. The number of rotatable bonds is 6. The van der Waals surface area contributed by atoms with Crippen molar-refractivity contribution in [3.05, 3.63) is 81.1 Å². The van der Waals surface area contributed by atoms with Crippen molar-refractivity contribution in [2.75, 3.05) is 5.32 Å². The van der Waals surface area contributed by atoms with Crippen LogP contribution in [-0.4, -0.2) is 20.7 Å². The quantitative estimate of drug-likeness (QED) is 0.384. The highest BCUT2D eigenvalue weighted by Crippen LogP contribution is 2.25. The first-order chi connectivity index (χ1) is 14.0. The Morgan fingerprint density at radius 1 is 1.07 bits per heavy atom. The van der Waals surface area contributed by atoms with Gasteiger partial charge in [0.2, 0.25) is 5.91 Å². The Morgan fingerprint density at radius 2 is 1.90 bits per heavy atom. The largest absolute Gasteiger partial charge is 0.361 e. The van der Waals surface area contributed by atoms with Crippen molar-refractivity contribution in [1.82, 2.24) is 14.8 Å². The molecule has 2 aromatic carbocycles. The molecule has 0 radical (unpaired) electrons. The Balaban J connectivity index is 1.38. The van der Waals surface area contributed by atoms with E-state index in [-0.39, 0.29) is 5.91 Å². The number of carbonyl (C=O) groups excluding carboxylic acids is 1. The number of fused-ring (bicyclic) bond motifs is 1. The first kappa shape index (κ1) is 19.8. The van der Waals surface area contributed by atoms with Crippen LogP contribution < -0.4 is 5.32 Å². The molecule has 0 spiro atoms. The highest BCUT2D eigenvalue weighted by molar-refractivity contribution is 6.42. The fourth-order valence-electron chi connectivity index (χ4n) is 3.17. The number of aromatic nitrogens is 3. The summed E-state index contributed by atoms with van der Waals surface area (Å²) in [5.74, 6) is 0.202. The third-order valence-electron chi connectivity index (χ3n) is 4.60. The Kier molecular flexibility index (Phi) is 5.81. The van der Waals surface area contributed by atoms with Crippen molar-refractivity contribution in [2.24, 2.45) is 0 Å². The SMILES string of the molecule is O=C(CCc1c[nH]c2ccccc12)Nc1nn(Cc2ccc(Cl)c(Cl)c2)cc1Cl. The fourth-order valence-corrected chi connectivity index (χ4v) is 3.69. The number of amides is 1. The number of carbonyl (C=O) groups is 1. The lowest BCUT2D eigenvalue weighted by Crippen LogP contribution is -2.13. The molecule has 4 rings (SSSR count). The summed E-state index contributed by atoms with van der Waals surface area (Å²) in [5, 5.41) is 9.64. The molecule has 4 aromatic rings. The number of nitrogens with one attached hydrogen (secondary N) is 2. The molecule has 0 bridgehead atoms. The molecule has 0 atom stereocenters. The van der Waals surface area contributed by atoms with Crippen molar-refractivity contribution < 1.29 is 4.79 Å². The van der Waals surface area contributed by atoms with Crippen molar-refractivity contribution in [1.29, 1.82) is 0 Å². The number of para-hydroxylation sites is 1. The van der Waals surface area contributed by atoms with Gasteiger partial charge in [0.25, 0.3) is 0 Å². The van der Waals surface area contributed by atoms with Crippen molar-refractivity contribution in [3.63, 3.8) is 0 Å². The second-order valence-corrected chi connectivity index (χ2v) is 7.90. The van der Waals surface area contributed by atoms with Crippen LogP contribution in [0.25, 0.3) is 10.9 Å². The van der Waals surface area contributed by atoms with Gasteiger partial charge >= 0.3 is 0 Å². The van der Waals surface area contributed by atoms with Crippen LogP contribution in [0.2, 0.25) is 15.1 Å². The summed E-state index contributed by atoms with van der Waals surface area (Å²) in [4.78, 5) is 15.6. The number of benzene rings is 2. The number of anilines is 1. The second-order valence-electron chi connectivity index (χ2n) is 6.68. The van der Waals surface area contributed by atoms with Crippen LogP contribution in [0.1, 0.15) is 17.5 Å². The van der Waals surface area contributed by atoms with E-state index >= 15 is 0 Å². The molecule has 0 aliphatic rings. The smallest absolute Gasteiger partial charge is 0.225 e. The van der Waals surface area contributed by atoms with E-state index in [1.807, 2.05) is 36.5 Å². The normalized spacial score (nSPS) is 11.1. The van der Waals surface area contributed by atoms with Crippen molar-refractivity contribution in [2.45, 2.75) is 19.4 Å². The molecular weight excluding hydrogens is 431 g/mol. The van der Waals surface area contributed by atoms with Gasteiger partial charge in [0.05, 0.1) is 16.6 Å². The van der Waals surface area contributed by atoms with Crippen LogP contribution in [0.3, 0.4) is 0 Å². The minimum absolute atomic E-state index is 0.142. The molecule has 0 aliphatic carbocycles. The third-order valence-corrected chi connectivity index (χ3v) is 5.62. The molecule has 0 unspecified atom stereocenters. The first-order valence-electron chi connectivity index (χ1n) is 9.01. The number of H-pyrrole nitrogens is 1. The molecule has 0 saturated carbocycles. The Bertz CT molecular complexity index is 1180. The van der Waals surface area contributed by atoms with E-state index in [1.165, 1.54) is 0 Å². The topological polar surface area (TPSA) is 62.7 Å². The number of hydrogen-bond acceptors (Lipinski definition) is 2. The van der Waals surface area contributed by atoms with Gasteiger partial charge in [-0.25, -0.2) is 0 Å². The highest BCUT2D eigenvalue weighted by atomic mass is 35.5. The van der Waals surface area contributed by atoms with Crippen LogP contribution in [0.5, 0.6) is 0 Å². The summed E-state index contributed by atoms with van der Waals surface area (Å²) in [6, 6.07) is 13.4. The lowest BCUT2D eigenvalue weighted by atomic mass is 10.1. The molecule has 148 valence electrons. The summed E-state index contributed by atoms with van der Waals surface area (Å²) in [7, 11) is 0. The Morgan fingerprint density at radius 3 is 2.72 bits per heavy atom. The zero-order valence-electron chi connectivity index (χ0n) is 15.3. The van der Waals surface area contributed by atoms with Gasteiger partial charge in [0.1, 0.15) is 5.02 Å². The average molecular weight is 448 g/mol. The van der Waals surface area contributed by atoms with Gasteiger partial charge in [-0.1, -0.05) is 59.1 Å². The summed E-state index contributed by atoms with van der Waals surface area (Å²) in [5.41, 5.74) is 3.09. The highest BCUT2D eigenvalue weighted by Gasteiger charge is 2.12. The van der Waals surface area contributed by atoms with Gasteiger partial charge in [-0.05, 0) is 35.7 Å². The monoisotopic (exact) mass is 446 g/mol. The van der Waals surface area contributed by atoms with E-state index in [9.17, 15) is 4.79 Å². The van der Waals surface area contributed by atoms with E-state index in [2.05, 4.69) is 15.4 Å². The van der Waals surface area contributed by atoms with Crippen molar-refractivity contribution in [3.8, 4) is 0 Å². The van der Waals surface area contributed by atoms with Crippen LogP contribution in [0.15, 0.2) is 54.9 Å². The molecular formula is C21H17Cl3N4O. The minimum atomic E-state index is -0.142. The zero-order chi connectivity index (χ0) is 20.4. The second kappa shape index (κ2) is 8.49. The number of hydrogen-bond donors (Lipinski definition) is 2. The van der Waals surface area contributed by atoms with Gasteiger partial charge in [0, 0.05) is 29.7 Å². The third kappa shape index (κ3) is 4.58. The molecule has 0 aliphatic heterocycles. The summed E-state index contributed by atoms with van der Waals surface area (Å²) < 4.78 is 1.65. The molecule has 5 nitrogen and oxygen atoms in total. The average Bonchev–Trinajstić information content (AvgIpc) is 3.26. The molecule has 1 amide bonds. The maximum atomic E-state index is 12.4. The van der Waals surface area contributed by atoms with Crippen LogP contribution >= 0.6 is 34.8 Å². The molecule has 2 heterocycles. The molecule has 29 heavy (non-hydrogen) atoms.